The first-order valence-corrected chi connectivity index (χ1v) is 10.8. The van der Waals surface area contributed by atoms with Crippen molar-refractivity contribution in [3.63, 3.8) is 0 Å². The van der Waals surface area contributed by atoms with Crippen molar-refractivity contribution >= 4 is 0 Å². The van der Waals surface area contributed by atoms with Gasteiger partial charge in [0.1, 0.15) is 5.75 Å². The van der Waals surface area contributed by atoms with Crippen LogP contribution in [0.25, 0.3) is 11.1 Å². The second-order valence-electron chi connectivity index (χ2n) is 9.25. The first-order valence-electron chi connectivity index (χ1n) is 10.8. The zero-order valence-corrected chi connectivity index (χ0v) is 16.7. The number of fused-ring (bicyclic) bond motifs is 5. The standard InChI is InChI=1S/C26H30O2/c1-3-28-24-15-18-9-10-20-19(13-14-26(2)23(20)11-12-25(26)27)21(18)16-22(24)17-7-5-4-6-8-17/h3-8,15-16,19-20,23,25,27H,1,9-14H2,2H3/t19-,20+,23-,25-,26-/m0/s1. The predicted octanol–water partition coefficient (Wildman–Crippen LogP) is 6.09. The molecule has 28 heavy (non-hydrogen) atoms. The highest BCUT2D eigenvalue weighted by Gasteiger charge is 2.54. The van der Waals surface area contributed by atoms with Crippen molar-refractivity contribution < 1.29 is 9.84 Å². The van der Waals surface area contributed by atoms with Crippen LogP contribution in [0.15, 0.2) is 55.3 Å². The average Bonchev–Trinajstić information content (AvgIpc) is 3.03. The molecule has 0 heterocycles. The monoisotopic (exact) mass is 374 g/mol. The zero-order valence-electron chi connectivity index (χ0n) is 16.7. The van der Waals surface area contributed by atoms with Crippen LogP contribution in [-0.2, 0) is 6.42 Å². The van der Waals surface area contributed by atoms with Crippen molar-refractivity contribution in [3.05, 3.63) is 66.4 Å². The summed E-state index contributed by atoms with van der Waals surface area (Å²) >= 11 is 0. The van der Waals surface area contributed by atoms with E-state index in [2.05, 4.69) is 56.0 Å². The summed E-state index contributed by atoms with van der Waals surface area (Å²) < 4.78 is 5.82. The first-order chi connectivity index (χ1) is 13.6. The van der Waals surface area contributed by atoms with Crippen LogP contribution >= 0.6 is 0 Å². The fraction of sp³-hybridized carbons (Fsp3) is 0.462. The van der Waals surface area contributed by atoms with Gasteiger partial charge in [-0.2, -0.15) is 0 Å². The van der Waals surface area contributed by atoms with E-state index in [1.165, 1.54) is 47.8 Å². The summed E-state index contributed by atoms with van der Waals surface area (Å²) in [5.74, 6) is 2.90. The van der Waals surface area contributed by atoms with Crippen molar-refractivity contribution in [2.75, 3.05) is 0 Å². The minimum atomic E-state index is -0.108. The molecule has 2 aromatic rings. The number of rotatable bonds is 3. The van der Waals surface area contributed by atoms with Gasteiger partial charge >= 0.3 is 0 Å². The number of ether oxygens (including phenoxy) is 1. The lowest BCUT2D eigenvalue weighted by Crippen LogP contribution is -2.43. The van der Waals surface area contributed by atoms with Crippen LogP contribution in [0.2, 0.25) is 0 Å². The molecule has 0 unspecified atom stereocenters. The quantitative estimate of drug-likeness (QED) is 0.659. The van der Waals surface area contributed by atoms with Crippen LogP contribution in [0, 0.1) is 17.3 Å². The Kier molecular flexibility index (Phi) is 4.35. The fourth-order valence-corrected chi connectivity index (χ4v) is 6.60. The maximum atomic E-state index is 10.6. The Balaban J connectivity index is 1.58. The molecular weight excluding hydrogens is 344 g/mol. The molecule has 2 fully saturated rings. The minimum Gasteiger partial charge on any atom is -0.465 e. The van der Waals surface area contributed by atoms with E-state index < -0.39 is 0 Å². The van der Waals surface area contributed by atoms with E-state index in [4.69, 9.17) is 4.74 Å². The second-order valence-corrected chi connectivity index (χ2v) is 9.25. The lowest BCUT2D eigenvalue weighted by molar-refractivity contribution is -0.0226. The number of hydrogen-bond donors (Lipinski definition) is 1. The highest BCUT2D eigenvalue weighted by atomic mass is 16.5. The van der Waals surface area contributed by atoms with Gasteiger partial charge in [0.25, 0.3) is 0 Å². The number of aliphatic hydroxyl groups excluding tert-OH is 1. The molecule has 3 aliphatic carbocycles. The maximum absolute atomic E-state index is 10.6. The summed E-state index contributed by atoms with van der Waals surface area (Å²) in [6, 6.07) is 15.2. The molecule has 2 nitrogen and oxygen atoms in total. The summed E-state index contributed by atoms with van der Waals surface area (Å²) in [7, 11) is 0. The molecule has 5 rings (SSSR count). The third kappa shape index (κ3) is 2.65. The molecule has 3 aliphatic rings. The van der Waals surface area contributed by atoms with E-state index in [0.29, 0.717) is 17.8 Å². The normalized spacial score (nSPS) is 33.5. The molecule has 0 aliphatic heterocycles. The van der Waals surface area contributed by atoms with E-state index in [-0.39, 0.29) is 11.5 Å². The smallest absolute Gasteiger partial charge is 0.134 e. The topological polar surface area (TPSA) is 29.5 Å². The summed E-state index contributed by atoms with van der Waals surface area (Å²) in [6.07, 6.45) is 8.29. The SMILES string of the molecule is C=COc1cc2c(cc1-c1ccccc1)[C@H]1CC[C@]3(C)[C@@H](O)CC[C@H]3[C@@H]1CC2. The van der Waals surface area contributed by atoms with Crippen LogP contribution in [0.3, 0.4) is 0 Å². The minimum absolute atomic E-state index is 0.108. The summed E-state index contributed by atoms with van der Waals surface area (Å²) in [5.41, 5.74) is 5.46. The number of hydrogen-bond acceptors (Lipinski definition) is 2. The van der Waals surface area contributed by atoms with Crippen LogP contribution in [0.4, 0.5) is 0 Å². The van der Waals surface area contributed by atoms with Gasteiger partial charge in [0.05, 0.1) is 12.4 Å². The molecule has 0 saturated heterocycles. The van der Waals surface area contributed by atoms with E-state index >= 15 is 0 Å². The Morgan fingerprint density at radius 2 is 1.93 bits per heavy atom. The predicted molar refractivity (Wildman–Crippen MR) is 113 cm³/mol. The van der Waals surface area contributed by atoms with Crippen LogP contribution < -0.4 is 4.74 Å². The molecule has 146 valence electrons. The van der Waals surface area contributed by atoms with Gasteiger partial charge in [-0.3, -0.25) is 0 Å². The summed E-state index contributed by atoms with van der Waals surface area (Å²) in [4.78, 5) is 0. The third-order valence-electron chi connectivity index (χ3n) is 8.07. The van der Waals surface area contributed by atoms with Gasteiger partial charge in [0.2, 0.25) is 0 Å². The van der Waals surface area contributed by atoms with E-state index in [1.807, 2.05) is 0 Å². The fourth-order valence-electron chi connectivity index (χ4n) is 6.60. The molecule has 2 saturated carbocycles. The van der Waals surface area contributed by atoms with Gasteiger partial charge in [-0.05, 0) is 90.5 Å². The van der Waals surface area contributed by atoms with Gasteiger partial charge in [-0.15, -0.1) is 0 Å². The third-order valence-corrected chi connectivity index (χ3v) is 8.07. The van der Waals surface area contributed by atoms with Crippen molar-refractivity contribution in [3.8, 4) is 16.9 Å². The molecule has 5 atom stereocenters. The van der Waals surface area contributed by atoms with Gasteiger partial charge in [0, 0.05) is 5.56 Å². The molecule has 2 aromatic carbocycles. The van der Waals surface area contributed by atoms with Crippen molar-refractivity contribution in [2.45, 2.75) is 57.5 Å². The largest absolute Gasteiger partial charge is 0.465 e. The molecular formula is C26H30O2. The number of benzene rings is 2. The van der Waals surface area contributed by atoms with Gasteiger partial charge in [-0.25, -0.2) is 0 Å². The van der Waals surface area contributed by atoms with Gasteiger partial charge in [-0.1, -0.05) is 43.8 Å². The van der Waals surface area contributed by atoms with Crippen LogP contribution in [0.1, 0.15) is 56.1 Å². The Morgan fingerprint density at radius 1 is 1.11 bits per heavy atom. The molecule has 0 spiro atoms. The summed E-state index contributed by atoms with van der Waals surface area (Å²) in [6.45, 7) is 6.12. The first kappa shape index (κ1) is 18.0. The van der Waals surface area contributed by atoms with E-state index in [0.717, 1.165) is 25.0 Å². The molecule has 1 N–H and O–H groups in total. The Hall–Kier alpha value is -2.06. The van der Waals surface area contributed by atoms with Crippen molar-refractivity contribution in [2.24, 2.45) is 17.3 Å². The molecule has 0 aromatic heterocycles. The lowest BCUT2D eigenvalue weighted by Gasteiger charge is -2.50. The molecule has 0 amide bonds. The molecule has 0 bridgehead atoms. The average molecular weight is 375 g/mol. The number of aryl methyl sites for hydroxylation is 1. The Morgan fingerprint density at radius 3 is 2.71 bits per heavy atom. The second kappa shape index (κ2) is 6.77. The van der Waals surface area contributed by atoms with Crippen LogP contribution in [-0.4, -0.2) is 11.2 Å². The zero-order chi connectivity index (χ0) is 19.3. The lowest BCUT2D eigenvalue weighted by atomic mass is 9.55. The maximum Gasteiger partial charge on any atom is 0.134 e. The van der Waals surface area contributed by atoms with E-state index in [9.17, 15) is 5.11 Å². The highest BCUT2D eigenvalue weighted by molar-refractivity contribution is 5.72. The summed E-state index contributed by atoms with van der Waals surface area (Å²) in [5, 5.41) is 10.6. The van der Waals surface area contributed by atoms with Crippen LogP contribution in [0.5, 0.6) is 5.75 Å². The molecule has 0 radical (unpaired) electrons. The Bertz CT molecular complexity index is 887. The Labute approximate surface area is 168 Å². The molecule has 2 heteroatoms. The van der Waals surface area contributed by atoms with Gasteiger partial charge in [0.15, 0.2) is 0 Å². The van der Waals surface area contributed by atoms with E-state index in [1.54, 1.807) is 0 Å². The number of aliphatic hydroxyl groups is 1. The van der Waals surface area contributed by atoms with Crippen molar-refractivity contribution in [1.29, 1.82) is 0 Å². The van der Waals surface area contributed by atoms with Crippen molar-refractivity contribution in [1.82, 2.24) is 0 Å². The highest BCUT2D eigenvalue weighted by Crippen LogP contribution is 2.61. The van der Waals surface area contributed by atoms with Gasteiger partial charge < -0.3 is 9.84 Å².